The average Bonchev–Trinajstić information content (AvgIpc) is 3.28. The topological polar surface area (TPSA) is 175 Å². The fourth-order valence-electron chi connectivity index (χ4n) is 10.1. The number of carbonyl (C=O) groups excluding carboxylic acids is 5. The van der Waals surface area contributed by atoms with Gasteiger partial charge in [0.15, 0.2) is 18.1 Å². The summed E-state index contributed by atoms with van der Waals surface area (Å²) in [6.07, 6.45) is 9.94. The molecule has 3 aliphatic heterocycles. The molecule has 2 N–H and O–H groups in total. The van der Waals surface area contributed by atoms with E-state index >= 15 is 4.39 Å². The van der Waals surface area contributed by atoms with Gasteiger partial charge in [0.25, 0.3) is 11.7 Å². The summed E-state index contributed by atoms with van der Waals surface area (Å²) in [4.78, 5) is 71.6. The first-order valence-electron chi connectivity index (χ1n) is 23.9. The number of alkyl halides is 1. The highest BCUT2D eigenvalue weighted by atomic mass is 19.1. The second-order valence-electron chi connectivity index (χ2n) is 19.5. The molecule has 1 saturated carbocycles. The van der Waals surface area contributed by atoms with E-state index < -0.39 is 83.9 Å². The molecule has 0 aromatic rings. The monoisotopic (exact) mass is 916 g/mol. The molecule has 3 heterocycles. The number of nitrogens with zero attached hydrogens (tertiary/aromatic N) is 1. The molecule has 366 valence electrons. The first-order valence-corrected chi connectivity index (χ1v) is 23.9. The van der Waals surface area contributed by atoms with Crippen LogP contribution in [0.5, 0.6) is 0 Å². The number of hydrogen-bond donors (Lipinski definition) is 2. The molecule has 2 saturated heterocycles. The zero-order valence-electron chi connectivity index (χ0n) is 40.5. The quantitative estimate of drug-likeness (QED) is 0.157. The summed E-state index contributed by atoms with van der Waals surface area (Å²) in [5, 5.41) is 22.4. The van der Waals surface area contributed by atoms with Gasteiger partial charge in [-0.1, -0.05) is 71.1 Å². The maximum Gasteiger partial charge on any atom is 0.329 e. The number of aliphatic hydroxyl groups is 2. The Kier molecular flexibility index (Phi) is 20.9. The Balaban J connectivity index is 1.70. The lowest BCUT2D eigenvalue weighted by Gasteiger charge is -2.42. The third-order valence-electron chi connectivity index (χ3n) is 14.4. The molecule has 0 aromatic heterocycles. The third kappa shape index (κ3) is 14.3. The summed E-state index contributed by atoms with van der Waals surface area (Å²) >= 11 is 0. The number of allylic oxidation sites excluding steroid dienone is 6. The van der Waals surface area contributed by atoms with E-state index in [-0.39, 0.29) is 60.4 Å². The molecule has 15 unspecified atom stereocenters. The lowest BCUT2D eigenvalue weighted by molar-refractivity contribution is -0.265. The van der Waals surface area contributed by atoms with Crippen molar-refractivity contribution in [3.63, 3.8) is 0 Å². The van der Waals surface area contributed by atoms with Gasteiger partial charge in [-0.05, 0) is 107 Å². The third-order valence-corrected chi connectivity index (χ3v) is 14.4. The first kappa shape index (κ1) is 54.2. The summed E-state index contributed by atoms with van der Waals surface area (Å²) < 4.78 is 45.4. The van der Waals surface area contributed by atoms with Crippen molar-refractivity contribution in [2.24, 2.45) is 35.5 Å². The molecule has 14 heteroatoms. The highest BCUT2D eigenvalue weighted by Crippen LogP contribution is 2.38. The van der Waals surface area contributed by atoms with Crippen molar-refractivity contribution in [2.45, 2.75) is 180 Å². The van der Waals surface area contributed by atoms with Crippen molar-refractivity contribution in [3.05, 3.63) is 47.6 Å². The van der Waals surface area contributed by atoms with Crippen molar-refractivity contribution in [3.8, 4) is 0 Å². The molecule has 3 fully saturated rings. The minimum Gasteiger partial charge on any atom is -0.460 e. The number of cyclic esters (lactones) is 1. The van der Waals surface area contributed by atoms with Gasteiger partial charge in [-0.15, -0.1) is 0 Å². The van der Waals surface area contributed by atoms with Crippen LogP contribution in [0.2, 0.25) is 0 Å². The summed E-state index contributed by atoms with van der Waals surface area (Å²) in [7, 11) is 4.42. The van der Waals surface area contributed by atoms with E-state index in [2.05, 4.69) is 0 Å². The summed E-state index contributed by atoms with van der Waals surface area (Å²) in [6.45, 7) is 12.4. The second kappa shape index (κ2) is 25.1. The van der Waals surface area contributed by atoms with E-state index in [1.165, 1.54) is 25.0 Å². The molecule has 15 atom stereocenters. The van der Waals surface area contributed by atoms with Gasteiger partial charge < -0.3 is 38.8 Å². The minimum absolute atomic E-state index is 0.0215. The van der Waals surface area contributed by atoms with Crippen LogP contribution in [0.4, 0.5) is 4.39 Å². The standard InChI is InChI=1S/C51H78FNO12/c1-30-16-12-11-13-17-31(2)42(61-8)28-38-21-19-36(7)51(60,65-38)48(57)49(58)53-23-15-14-18-39(53)50(59)64-43(33(4)26-37-20-22-40(54)44(27-37)62-9)29-41(55)32(3)25-34(5)45(52)47(63-10)46(56)35(6)24-30/h11-13,16-17,25,30,32-33,35-40,42-45,47,54,60H,14-15,18-24,26-29H2,1-10H3/b13-11+,16-12+,31-17+,34-25+. The molecule has 0 aromatic carbocycles. The number of esters is 1. The molecule has 4 aliphatic rings. The van der Waals surface area contributed by atoms with Crippen molar-refractivity contribution < 1.29 is 62.3 Å². The lowest BCUT2D eigenvalue weighted by Crippen LogP contribution is -2.61. The summed E-state index contributed by atoms with van der Waals surface area (Å²) in [6, 6.07) is -1.16. The van der Waals surface area contributed by atoms with Crippen LogP contribution in [0.25, 0.3) is 0 Å². The Labute approximate surface area is 386 Å². The molecule has 0 radical (unpaired) electrons. The molecular formula is C51H78FNO12. The smallest absolute Gasteiger partial charge is 0.329 e. The first-order chi connectivity index (χ1) is 30.7. The van der Waals surface area contributed by atoms with Crippen LogP contribution in [-0.4, -0.2) is 127 Å². The van der Waals surface area contributed by atoms with Crippen LogP contribution in [0, 0.1) is 35.5 Å². The Morgan fingerprint density at radius 2 is 1.60 bits per heavy atom. The second-order valence-corrected chi connectivity index (χ2v) is 19.5. The van der Waals surface area contributed by atoms with Gasteiger partial charge >= 0.3 is 5.97 Å². The number of fused-ring (bicyclic) bond motifs is 3. The highest BCUT2D eigenvalue weighted by Gasteiger charge is 2.53. The van der Waals surface area contributed by atoms with E-state index in [4.69, 9.17) is 23.7 Å². The maximum atomic E-state index is 16.2. The molecule has 13 nitrogen and oxygen atoms in total. The van der Waals surface area contributed by atoms with E-state index in [9.17, 15) is 34.2 Å². The van der Waals surface area contributed by atoms with E-state index in [0.717, 1.165) is 5.57 Å². The summed E-state index contributed by atoms with van der Waals surface area (Å²) in [5.41, 5.74) is 1.03. The van der Waals surface area contributed by atoms with Crippen LogP contribution in [0.3, 0.4) is 0 Å². The van der Waals surface area contributed by atoms with E-state index in [1.807, 2.05) is 51.2 Å². The number of ether oxygens (including phenoxy) is 5. The number of halogens is 1. The zero-order chi connectivity index (χ0) is 48.2. The number of Topliss-reactive ketones (excluding diaryl/α,β-unsaturated/α-hetero) is 3. The number of amides is 1. The van der Waals surface area contributed by atoms with Gasteiger partial charge in [0.2, 0.25) is 5.79 Å². The van der Waals surface area contributed by atoms with Crippen LogP contribution in [0.15, 0.2) is 47.6 Å². The zero-order valence-corrected chi connectivity index (χ0v) is 40.5. The molecule has 2 bridgehead atoms. The van der Waals surface area contributed by atoms with Crippen LogP contribution >= 0.6 is 0 Å². The number of ketones is 3. The van der Waals surface area contributed by atoms with Crippen molar-refractivity contribution in [2.75, 3.05) is 27.9 Å². The summed E-state index contributed by atoms with van der Waals surface area (Å²) in [5.74, 6) is -8.44. The predicted molar refractivity (Wildman–Crippen MR) is 244 cm³/mol. The normalized spacial score (nSPS) is 40.4. The van der Waals surface area contributed by atoms with Gasteiger partial charge in [0.1, 0.15) is 17.9 Å². The van der Waals surface area contributed by atoms with Gasteiger partial charge in [0.05, 0.1) is 24.4 Å². The fraction of sp³-hybridized carbons (Fsp3) is 0.745. The molecular weight excluding hydrogens is 838 g/mol. The fourth-order valence-corrected chi connectivity index (χ4v) is 10.1. The van der Waals surface area contributed by atoms with Crippen molar-refractivity contribution in [1.82, 2.24) is 4.90 Å². The van der Waals surface area contributed by atoms with Crippen LogP contribution < -0.4 is 0 Å². The van der Waals surface area contributed by atoms with Gasteiger partial charge in [-0.2, -0.15) is 0 Å². The Morgan fingerprint density at radius 1 is 0.877 bits per heavy atom. The number of rotatable bonds is 6. The average molecular weight is 916 g/mol. The largest absolute Gasteiger partial charge is 0.460 e. The van der Waals surface area contributed by atoms with Crippen molar-refractivity contribution >= 4 is 29.2 Å². The molecule has 65 heavy (non-hydrogen) atoms. The molecule has 1 aliphatic carbocycles. The molecule has 1 amide bonds. The Bertz CT molecular complexity index is 1760. The van der Waals surface area contributed by atoms with Gasteiger partial charge in [-0.3, -0.25) is 19.2 Å². The van der Waals surface area contributed by atoms with E-state index in [1.54, 1.807) is 35.0 Å². The van der Waals surface area contributed by atoms with Gasteiger partial charge in [0, 0.05) is 58.5 Å². The predicted octanol–water partition coefficient (Wildman–Crippen LogP) is 7.16. The van der Waals surface area contributed by atoms with Gasteiger partial charge in [-0.25, -0.2) is 9.18 Å². The maximum absolute atomic E-state index is 16.2. The number of carbonyl (C=O) groups is 5. The van der Waals surface area contributed by atoms with Crippen molar-refractivity contribution in [1.29, 1.82) is 0 Å². The highest BCUT2D eigenvalue weighted by molar-refractivity contribution is 6.39. The number of aliphatic hydroxyl groups excluding tert-OH is 1. The lowest BCUT2D eigenvalue weighted by atomic mass is 9.78. The number of hydrogen-bond acceptors (Lipinski definition) is 12. The van der Waals surface area contributed by atoms with E-state index in [0.29, 0.717) is 64.2 Å². The Morgan fingerprint density at radius 3 is 2.28 bits per heavy atom. The van der Waals surface area contributed by atoms with Crippen LogP contribution in [-0.2, 0) is 47.7 Å². The molecule has 0 spiro atoms. The molecule has 4 rings (SSSR count). The Hall–Kier alpha value is -3.40. The SMILES string of the molecule is COC1CC2CCC(C)C(O)(O2)C(=O)C(=O)N2CCCCC2C(=O)OC(C(C)CC2CCC(O)C(OC)C2)CC(=O)C(C)/C=C(\C)C(F)C(OC)C(=O)C(C)CC(C)/C=C/C=C/C=C/1C. The van der Waals surface area contributed by atoms with Crippen LogP contribution in [0.1, 0.15) is 126 Å². The number of piperidine rings is 1. The number of methoxy groups -OCH3 is 3. The minimum atomic E-state index is -2.44.